The lowest BCUT2D eigenvalue weighted by Gasteiger charge is -2.25. The summed E-state index contributed by atoms with van der Waals surface area (Å²) in [5.74, 6) is 1.82. The lowest BCUT2D eigenvalue weighted by atomic mass is 9.82. The summed E-state index contributed by atoms with van der Waals surface area (Å²) in [6.07, 6.45) is 0. The fraction of sp³-hybridized carbons (Fsp3) is 0. The molecule has 0 saturated carbocycles. The third kappa shape index (κ3) is 4.33. The van der Waals surface area contributed by atoms with Crippen LogP contribution >= 0.6 is 0 Å². The molecular formula is C48H30O. The van der Waals surface area contributed by atoms with Gasteiger partial charge < -0.3 is 4.74 Å². The maximum absolute atomic E-state index is 6.87. The van der Waals surface area contributed by atoms with Crippen LogP contribution in [0.5, 0.6) is 11.5 Å². The molecule has 0 saturated heterocycles. The summed E-state index contributed by atoms with van der Waals surface area (Å²) in [5.41, 5.74) is 12.0. The monoisotopic (exact) mass is 622 g/mol. The zero-order chi connectivity index (χ0) is 32.3. The van der Waals surface area contributed by atoms with Crippen LogP contribution in [0.1, 0.15) is 0 Å². The van der Waals surface area contributed by atoms with Crippen molar-refractivity contribution >= 4 is 32.3 Å². The van der Waals surface area contributed by atoms with Gasteiger partial charge in [-0.25, -0.2) is 0 Å². The van der Waals surface area contributed by atoms with Crippen LogP contribution in [-0.4, -0.2) is 0 Å². The minimum Gasteiger partial charge on any atom is -0.455 e. The lowest BCUT2D eigenvalue weighted by Crippen LogP contribution is -2.00. The Morgan fingerprint density at radius 2 is 0.796 bits per heavy atom. The van der Waals surface area contributed by atoms with E-state index < -0.39 is 0 Å². The molecule has 0 unspecified atom stereocenters. The minimum absolute atomic E-state index is 0.907. The average Bonchev–Trinajstić information content (AvgIpc) is 3.17. The molecule has 1 heteroatoms. The number of ether oxygens (including phenoxy) is 1. The van der Waals surface area contributed by atoms with Crippen molar-refractivity contribution in [2.45, 2.75) is 0 Å². The van der Waals surface area contributed by atoms with Crippen molar-refractivity contribution in [2.24, 2.45) is 0 Å². The number of hydrogen-bond acceptors (Lipinski definition) is 1. The number of benzene rings is 9. The van der Waals surface area contributed by atoms with Crippen LogP contribution in [0.2, 0.25) is 0 Å². The number of hydrogen-bond donors (Lipinski definition) is 0. The Morgan fingerprint density at radius 1 is 0.306 bits per heavy atom. The lowest BCUT2D eigenvalue weighted by molar-refractivity contribution is 0.489. The highest BCUT2D eigenvalue weighted by Crippen LogP contribution is 2.53. The molecule has 1 aliphatic rings. The van der Waals surface area contributed by atoms with Crippen LogP contribution < -0.4 is 4.74 Å². The predicted molar refractivity (Wildman–Crippen MR) is 206 cm³/mol. The molecule has 0 spiro atoms. The Balaban J connectivity index is 1.24. The van der Waals surface area contributed by atoms with Crippen LogP contribution in [0.4, 0.5) is 0 Å². The zero-order valence-electron chi connectivity index (χ0n) is 26.7. The van der Waals surface area contributed by atoms with Gasteiger partial charge in [0.1, 0.15) is 11.5 Å². The van der Waals surface area contributed by atoms with Crippen LogP contribution in [0.3, 0.4) is 0 Å². The molecular weight excluding hydrogens is 593 g/mol. The minimum atomic E-state index is 0.907. The molecule has 0 aromatic heterocycles. The van der Waals surface area contributed by atoms with Crippen LogP contribution in [0, 0.1) is 0 Å². The van der Waals surface area contributed by atoms with Crippen LogP contribution in [-0.2, 0) is 0 Å². The van der Waals surface area contributed by atoms with Gasteiger partial charge in [0, 0.05) is 22.1 Å². The van der Waals surface area contributed by atoms with E-state index in [2.05, 4.69) is 182 Å². The van der Waals surface area contributed by atoms with E-state index in [1.54, 1.807) is 0 Å². The number of fused-ring (bicyclic) bond motifs is 4. The first-order valence-electron chi connectivity index (χ1n) is 16.9. The average molecular weight is 623 g/mol. The van der Waals surface area contributed by atoms with Gasteiger partial charge in [0.05, 0.1) is 0 Å². The van der Waals surface area contributed by atoms with Gasteiger partial charge >= 0.3 is 0 Å². The molecule has 1 aliphatic heterocycles. The highest BCUT2D eigenvalue weighted by molar-refractivity contribution is 6.23. The molecule has 0 bridgehead atoms. The van der Waals surface area contributed by atoms with Gasteiger partial charge in [-0.05, 0) is 78.0 Å². The van der Waals surface area contributed by atoms with Crippen molar-refractivity contribution in [3.63, 3.8) is 0 Å². The molecule has 0 amide bonds. The van der Waals surface area contributed by atoms with E-state index in [9.17, 15) is 0 Å². The first-order chi connectivity index (χ1) is 24.3. The van der Waals surface area contributed by atoms with Gasteiger partial charge in [-0.15, -0.1) is 0 Å². The highest BCUT2D eigenvalue weighted by atomic mass is 16.5. The topological polar surface area (TPSA) is 9.23 Å². The molecule has 1 nitrogen and oxygen atoms in total. The van der Waals surface area contributed by atoms with Crippen molar-refractivity contribution in [2.75, 3.05) is 0 Å². The SMILES string of the molecule is c1ccc(-c2cccc(-c3ccccc3-c3c4ccccc4c(-c4cccc5c4Oc4cccc6cccc-5c46)c4ccccc34)c2)cc1. The summed E-state index contributed by atoms with van der Waals surface area (Å²) in [5, 5.41) is 7.22. The van der Waals surface area contributed by atoms with E-state index in [0.717, 1.165) is 22.6 Å². The number of rotatable bonds is 4. The Labute approximate surface area is 285 Å². The summed E-state index contributed by atoms with van der Waals surface area (Å²) in [6.45, 7) is 0. The molecule has 10 rings (SSSR count). The van der Waals surface area contributed by atoms with Gasteiger partial charge in [0.15, 0.2) is 0 Å². The smallest absolute Gasteiger partial charge is 0.143 e. The number of para-hydroxylation sites is 1. The first kappa shape index (κ1) is 27.7. The Morgan fingerprint density at radius 3 is 1.53 bits per heavy atom. The van der Waals surface area contributed by atoms with E-state index in [4.69, 9.17) is 4.74 Å². The standard InChI is InChI=1S/C48H30O/c1-2-14-31(15-3-1)33-18-10-19-34(30-33)35-20-4-5-21-36(35)46-37-22-6-8-24-39(37)47(40-25-9-7-23-38(40)46)43-28-13-27-42-41-26-11-16-32-17-12-29-44(45(32)41)49-48(42)43/h1-30H. The van der Waals surface area contributed by atoms with Gasteiger partial charge in [0.25, 0.3) is 0 Å². The molecule has 228 valence electrons. The van der Waals surface area contributed by atoms with Crippen molar-refractivity contribution in [1.82, 2.24) is 0 Å². The van der Waals surface area contributed by atoms with Crippen molar-refractivity contribution < 1.29 is 4.74 Å². The van der Waals surface area contributed by atoms with E-state index >= 15 is 0 Å². The Kier molecular flexibility index (Phi) is 6.25. The van der Waals surface area contributed by atoms with Crippen molar-refractivity contribution in [3.8, 4) is 67.1 Å². The molecule has 0 aliphatic carbocycles. The summed E-state index contributed by atoms with van der Waals surface area (Å²) >= 11 is 0. The Hall–Kier alpha value is -6.44. The third-order valence-corrected chi connectivity index (χ3v) is 10.1. The zero-order valence-corrected chi connectivity index (χ0v) is 26.7. The summed E-state index contributed by atoms with van der Waals surface area (Å²) in [7, 11) is 0. The molecule has 0 atom stereocenters. The maximum Gasteiger partial charge on any atom is 0.143 e. The largest absolute Gasteiger partial charge is 0.455 e. The molecule has 49 heavy (non-hydrogen) atoms. The normalized spacial score (nSPS) is 11.8. The van der Waals surface area contributed by atoms with Gasteiger partial charge in [-0.2, -0.15) is 0 Å². The van der Waals surface area contributed by atoms with E-state index in [1.165, 1.54) is 76.8 Å². The van der Waals surface area contributed by atoms with E-state index in [0.29, 0.717) is 0 Å². The van der Waals surface area contributed by atoms with Crippen LogP contribution in [0.25, 0.3) is 88.0 Å². The van der Waals surface area contributed by atoms with Gasteiger partial charge in [-0.3, -0.25) is 0 Å². The highest BCUT2D eigenvalue weighted by Gasteiger charge is 2.26. The third-order valence-electron chi connectivity index (χ3n) is 10.1. The first-order valence-corrected chi connectivity index (χ1v) is 16.9. The Bertz CT molecular complexity index is 2680. The van der Waals surface area contributed by atoms with Crippen molar-refractivity contribution in [3.05, 3.63) is 182 Å². The maximum atomic E-state index is 6.87. The second kappa shape index (κ2) is 11.1. The molecule has 1 heterocycles. The summed E-state index contributed by atoms with van der Waals surface area (Å²) in [6, 6.07) is 65.6. The quantitative estimate of drug-likeness (QED) is 0.177. The molecule has 0 N–H and O–H groups in total. The van der Waals surface area contributed by atoms with Crippen LogP contribution in [0.15, 0.2) is 182 Å². The fourth-order valence-corrected chi connectivity index (χ4v) is 7.94. The second-order valence-corrected chi connectivity index (χ2v) is 12.8. The van der Waals surface area contributed by atoms with Crippen molar-refractivity contribution in [1.29, 1.82) is 0 Å². The predicted octanol–water partition coefficient (Wildman–Crippen LogP) is 13.6. The van der Waals surface area contributed by atoms with E-state index in [1.807, 2.05) is 0 Å². The fourth-order valence-electron chi connectivity index (χ4n) is 7.94. The molecule has 0 radical (unpaired) electrons. The summed E-state index contributed by atoms with van der Waals surface area (Å²) in [4.78, 5) is 0. The van der Waals surface area contributed by atoms with E-state index in [-0.39, 0.29) is 0 Å². The molecule has 9 aromatic carbocycles. The summed E-state index contributed by atoms with van der Waals surface area (Å²) < 4.78 is 6.87. The van der Waals surface area contributed by atoms with Gasteiger partial charge in [-0.1, -0.05) is 170 Å². The second-order valence-electron chi connectivity index (χ2n) is 12.8. The molecule has 9 aromatic rings. The van der Waals surface area contributed by atoms with Gasteiger partial charge in [0.2, 0.25) is 0 Å². The molecule has 0 fully saturated rings.